The van der Waals surface area contributed by atoms with E-state index in [1.165, 1.54) is 23.5 Å². The Morgan fingerprint density at radius 3 is 2.50 bits per heavy atom. The molecule has 4 rings (SSSR count). The summed E-state index contributed by atoms with van der Waals surface area (Å²) in [5.41, 5.74) is 3.27. The Bertz CT molecular complexity index is 1210. The van der Waals surface area contributed by atoms with Crippen LogP contribution in [-0.4, -0.2) is 17.8 Å². The van der Waals surface area contributed by atoms with E-state index in [1.54, 1.807) is 24.3 Å². The second-order valence-electron chi connectivity index (χ2n) is 6.46. The van der Waals surface area contributed by atoms with Gasteiger partial charge in [-0.15, -0.1) is 0 Å². The van der Waals surface area contributed by atoms with Gasteiger partial charge in [0.15, 0.2) is 4.96 Å². The van der Waals surface area contributed by atoms with Gasteiger partial charge in [-0.2, -0.15) is 0 Å². The average Bonchev–Trinajstić information content (AvgIpc) is 3.21. The molecule has 0 spiro atoms. The fraction of sp³-hybridized carbons (Fsp3) is 0.150. The third-order valence-corrected chi connectivity index (χ3v) is 6.90. The zero-order chi connectivity index (χ0) is 19.7. The van der Waals surface area contributed by atoms with Crippen molar-refractivity contribution in [2.24, 2.45) is 0 Å². The van der Waals surface area contributed by atoms with Gasteiger partial charge in [-0.1, -0.05) is 41.7 Å². The number of hydrogen-bond acceptors (Lipinski definition) is 4. The highest BCUT2D eigenvalue weighted by atomic mass is 32.2. The van der Waals surface area contributed by atoms with Crippen molar-refractivity contribution in [3.63, 3.8) is 0 Å². The molecule has 0 amide bonds. The fourth-order valence-corrected chi connectivity index (χ4v) is 5.17. The van der Waals surface area contributed by atoms with Gasteiger partial charge < -0.3 is 0 Å². The Labute approximate surface area is 166 Å². The lowest BCUT2D eigenvalue weighted by Gasteiger charge is -2.06. The maximum absolute atomic E-state index is 13.1. The number of nitrogens with zero attached hydrogens (tertiary/aromatic N) is 2. The van der Waals surface area contributed by atoms with E-state index in [-0.39, 0.29) is 18.1 Å². The third kappa shape index (κ3) is 3.99. The molecule has 0 fully saturated rings. The van der Waals surface area contributed by atoms with E-state index in [0.717, 1.165) is 32.4 Å². The predicted octanol–water partition coefficient (Wildman–Crippen LogP) is 4.13. The highest BCUT2D eigenvalue weighted by Gasteiger charge is 2.16. The van der Waals surface area contributed by atoms with Crippen molar-refractivity contribution in [3.8, 4) is 11.3 Å². The Morgan fingerprint density at radius 2 is 1.82 bits per heavy atom. The van der Waals surface area contributed by atoms with E-state index in [0.29, 0.717) is 0 Å². The molecule has 0 aliphatic carbocycles. The molecule has 0 atom stereocenters. The van der Waals surface area contributed by atoms with E-state index < -0.39 is 10.0 Å². The molecule has 0 aliphatic rings. The second kappa shape index (κ2) is 7.46. The van der Waals surface area contributed by atoms with Gasteiger partial charge in [-0.25, -0.2) is 22.5 Å². The molecular formula is C20H18FN3O2S2. The van der Waals surface area contributed by atoms with Gasteiger partial charge in [0.05, 0.1) is 11.4 Å². The first kappa shape index (κ1) is 18.8. The second-order valence-corrected chi connectivity index (χ2v) is 9.33. The zero-order valence-corrected chi connectivity index (χ0v) is 16.7. The zero-order valence-electron chi connectivity index (χ0n) is 15.1. The van der Waals surface area contributed by atoms with Crippen LogP contribution in [0.5, 0.6) is 0 Å². The number of fused-ring (bicyclic) bond motifs is 1. The number of sulfonamides is 1. The third-order valence-electron chi connectivity index (χ3n) is 4.45. The molecule has 8 heteroatoms. The van der Waals surface area contributed by atoms with Crippen molar-refractivity contribution in [1.82, 2.24) is 14.1 Å². The van der Waals surface area contributed by atoms with Crippen LogP contribution >= 0.6 is 11.3 Å². The van der Waals surface area contributed by atoms with E-state index in [1.807, 2.05) is 35.7 Å². The fourth-order valence-electron chi connectivity index (χ4n) is 2.94. The lowest BCUT2D eigenvalue weighted by Crippen LogP contribution is -2.24. The minimum atomic E-state index is -3.43. The maximum atomic E-state index is 13.1. The van der Waals surface area contributed by atoms with Crippen molar-refractivity contribution >= 4 is 26.3 Å². The number of nitrogens with one attached hydrogen (secondary N) is 1. The van der Waals surface area contributed by atoms with Crippen LogP contribution in [-0.2, 0) is 22.3 Å². The molecule has 144 valence electrons. The van der Waals surface area contributed by atoms with Gasteiger partial charge in [0.2, 0.25) is 10.0 Å². The van der Waals surface area contributed by atoms with Crippen LogP contribution in [0.3, 0.4) is 0 Å². The lowest BCUT2D eigenvalue weighted by molar-refractivity contribution is 0.580. The molecule has 0 saturated heterocycles. The highest BCUT2D eigenvalue weighted by Crippen LogP contribution is 2.27. The molecule has 0 saturated carbocycles. The van der Waals surface area contributed by atoms with E-state index in [2.05, 4.69) is 9.71 Å². The highest BCUT2D eigenvalue weighted by molar-refractivity contribution is 7.88. The standard InChI is InChI=1S/C20H18FN3O2S2/c1-14-19(11-22-28(25,26)13-15-5-3-2-4-6-15)27-20-23-18(12-24(14)20)16-7-9-17(21)10-8-16/h2-10,12,22H,11,13H2,1H3. The molecule has 0 radical (unpaired) electrons. The van der Waals surface area contributed by atoms with Gasteiger partial charge >= 0.3 is 0 Å². The van der Waals surface area contributed by atoms with Crippen molar-refractivity contribution in [3.05, 3.63) is 82.7 Å². The number of benzene rings is 2. The quantitative estimate of drug-likeness (QED) is 0.515. The number of aryl methyl sites for hydroxylation is 1. The summed E-state index contributed by atoms with van der Waals surface area (Å²) in [5.74, 6) is -0.338. The Hall–Kier alpha value is -2.55. The van der Waals surface area contributed by atoms with Gasteiger partial charge in [-0.05, 0) is 36.8 Å². The minimum Gasteiger partial charge on any atom is -0.294 e. The summed E-state index contributed by atoms with van der Waals surface area (Å²) < 4.78 is 42.4. The van der Waals surface area contributed by atoms with Gasteiger partial charge in [0, 0.05) is 28.9 Å². The van der Waals surface area contributed by atoms with Crippen LogP contribution < -0.4 is 4.72 Å². The number of rotatable bonds is 6. The van der Waals surface area contributed by atoms with Crippen LogP contribution in [0, 0.1) is 12.7 Å². The molecular weight excluding hydrogens is 397 g/mol. The molecule has 4 aromatic rings. The summed E-state index contributed by atoms with van der Waals surface area (Å²) in [4.78, 5) is 6.27. The molecule has 0 unspecified atom stereocenters. The van der Waals surface area contributed by atoms with Crippen molar-refractivity contribution in [2.75, 3.05) is 0 Å². The predicted molar refractivity (Wildman–Crippen MR) is 109 cm³/mol. The van der Waals surface area contributed by atoms with E-state index in [9.17, 15) is 12.8 Å². The summed E-state index contributed by atoms with van der Waals surface area (Å²) in [6.45, 7) is 2.15. The summed E-state index contributed by atoms with van der Waals surface area (Å²) in [6, 6.07) is 15.3. The minimum absolute atomic E-state index is 0.0515. The van der Waals surface area contributed by atoms with Crippen LogP contribution in [0.2, 0.25) is 0 Å². The van der Waals surface area contributed by atoms with Gasteiger partial charge in [0.1, 0.15) is 5.82 Å². The summed E-state index contributed by atoms with van der Waals surface area (Å²) in [6.07, 6.45) is 1.89. The first-order chi connectivity index (χ1) is 13.4. The molecule has 0 bridgehead atoms. The smallest absolute Gasteiger partial charge is 0.216 e. The molecule has 2 aromatic carbocycles. The Balaban J connectivity index is 1.51. The number of hydrogen-bond donors (Lipinski definition) is 1. The van der Waals surface area contributed by atoms with Crippen LogP contribution in [0.4, 0.5) is 4.39 Å². The lowest BCUT2D eigenvalue weighted by atomic mass is 10.2. The number of imidazole rings is 1. The van der Waals surface area contributed by atoms with Crippen LogP contribution in [0.15, 0.2) is 60.8 Å². The SMILES string of the molecule is Cc1c(CNS(=O)(=O)Cc2ccccc2)sc2nc(-c3ccc(F)cc3)cn12. The summed E-state index contributed by atoms with van der Waals surface area (Å²) >= 11 is 1.44. The maximum Gasteiger partial charge on any atom is 0.216 e. The topological polar surface area (TPSA) is 63.5 Å². The number of aromatic nitrogens is 2. The van der Waals surface area contributed by atoms with Crippen LogP contribution in [0.1, 0.15) is 16.1 Å². The summed E-state index contributed by atoms with van der Waals surface area (Å²) in [5, 5.41) is 0. The monoisotopic (exact) mass is 415 g/mol. The number of halogens is 1. The van der Waals surface area contributed by atoms with Crippen molar-refractivity contribution in [2.45, 2.75) is 19.2 Å². The molecule has 2 aromatic heterocycles. The van der Waals surface area contributed by atoms with Crippen molar-refractivity contribution < 1.29 is 12.8 Å². The van der Waals surface area contributed by atoms with Crippen LogP contribution in [0.25, 0.3) is 16.2 Å². The average molecular weight is 416 g/mol. The van der Waals surface area contributed by atoms with E-state index in [4.69, 9.17) is 0 Å². The molecule has 1 N–H and O–H groups in total. The molecule has 0 aliphatic heterocycles. The number of thiazole rings is 1. The Kier molecular flexibility index (Phi) is 5.01. The molecule has 2 heterocycles. The van der Waals surface area contributed by atoms with Gasteiger partial charge in [-0.3, -0.25) is 4.40 Å². The molecule has 5 nitrogen and oxygen atoms in total. The first-order valence-electron chi connectivity index (χ1n) is 8.66. The van der Waals surface area contributed by atoms with Gasteiger partial charge in [0.25, 0.3) is 0 Å². The summed E-state index contributed by atoms with van der Waals surface area (Å²) in [7, 11) is -3.43. The largest absolute Gasteiger partial charge is 0.294 e. The molecule has 28 heavy (non-hydrogen) atoms. The van der Waals surface area contributed by atoms with E-state index >= 15 is 0 Å². The van der Waals surface area contributed by atoms with Crippen molar-refractivity contribution in [1.29, 1.82) is 0 Å². The first-order valence-corrected chi connectivity index (χ1v) is 11.1. The Morgan fingerprint density at radius 1 is 1.11 bits per heavy atom. The normalized spacial score (nSPS) is 11.9.